The lowest BCUT2D eigenvalue weighted by Crippen LogP contribution is -2.47. The summed E-state index contributed by atoms with van der Waals surface area (Å²) in [5.41, 5.74) is 0. The minimum absolute atomic E-state index is 0.649. The summed E-state index contributed by atoms with van der Waals surface area (Å²) >= 11 is 1.91. The Bertz CT molecular complexity index is 178. The van der Waals surface area contributed by atoms with Crippen molar-refractivity contribution in [3.63, 3.8) is 0 Å². The largest absolute Gasteiger partial charge is 0.381 e. The molecule has 1 aliphatic rings. The third-order valence-electron chi connectivity index (χ3n) is 3.16. The molecule has 3 nitrogen and oxygen atoms in total. The molecule has 1 saturated heterocycles. The van der Waals surface area contributed by atoms with E-state index >= 15 is 0 Å². The van der Waals surface area contributed by atoms with Crippen molar-refractivity contribution in [1.29, 1.82) is 0 Å². The van der Waals surface area contributed by atoms with Crippen LogP contribution in [0.5, 0.6) is 0 Å². The molecule has 2 atom stereocenters. The summed E-state index contributed by atoms with van der Waals surface area (Å²) in [7, 11) is 2.22. The highest BCUT2D eigenvalue weighted by Crippen LogP contribution is 2.15. The molecular formula is C12H26N2OS. The van der Waals surface area contributed by atoms with E-state index < -0.39 is 0 Å². The Kier molecular flexibility index (Phi) is 7.45. The molecule has 1 fully saturated rings. The van der Waals surface area contributed by atoms with E-state index in [0.29, 0.717) is 12.0 Å². The van der Waals surface area contributed by atoms with E-state index in [1.54, 1.807) is 0 Å². The molecule has 0 aromatic heterocycles. The lowest BCUT2D eigenvalue weighted by molar-refractivity contribution is 0.0209. The predicted molar refractivity (Wildman–Crippen MR) is 72.3 cm³/mol. The smallest absolute Gasteiger partial charge is 0.0521 e. The van der Waals surface area contributed by atoms with Gasteiger partial charge in [-0.05, 0) is 26.3 Å². The molecule has 0 amide bonds. The number of hydrogen-bond acceptors (Lipinski definition) is 4. The van der Waals surface area contributed by atoms with Crippen LogP contribution in [-0.4, -0.2) is 62.8 Å². The van der Waals surface area contributed by atoms with Gasteiger partial charge in [0.1, 0.15) is 0 Å². The fourth-order valence-electron chi connectivity index (χ4n) is 2.25. The van der Waals surface area contributed by atoms with Gasteiger partial charge in [-0.2, -0.15) is 11.8 Å². The minimum atomic E-state index is 0.649. The lowest BCUT2D eigenvalue weighted by Gasteiger charge is -2.34. The Morgan fingerprint density at radius 3 is 3.00 bits per heavy atom. The normalized spacial score (nSPS) is 26.2. The number of nitrogens with zero attached hydrogens (tertiary/aromatic N) is 1. The van der Waals surface area contributed by atoms with Gasteiger partial charge < -0.3 is 15.0 Å². The van der Waals surface area contributed by atoms with E-state index in [2.05, 4.69) is 30.4 Å². The Morgan fingerprint density at radius 2 is 2.31 bits per heavy atom. The number of rotatable bonds is 7. The van der Waals surface area contributed by atoms with E-state index in [-0.39, 0.29) is 0 Å². The molecule has 96 valence electrons. The van der Waals surface area contributed by atoms with Crippen LogP contribution >= 0.6 is 11.8 Å². The summed E-state index contributed by atoms with van der Waals surface area (Å²) in [5, 5.41) is 3.58. The standard InChI is InChI=1S/C12H26N2OS/c1-4-13-12-5-7-15-10-11(12)9-14(2)6-8-16-3/h11-13H,4-10H2,1-3H3. The SMILES string of the molecule is CCNC1CCOCC1CN(C)CCSC. The van der Waals surface area contributed by atoms with E-state index in [0.717, 1.165) is 32.7 Å². The minimum Gasteiger partial charge on any atom is -0.381 e. The molecule has 2 unspecified atom stereocenters. The summed E-state index contributed by atoms with van der Waals surface area (Å²) in [6.45, 7) is 7.42. The Morgan fingerprint density at radius 1 is 1.50 bits per heavy atom. The van der Waals surface area contributed by atoms with E-state index in [1.165, 1.54) is 12.3 Å². The average Bonchev–Trinajstić information content (AvgIpc) is 2.29. The Labute approximate surface area is 104 Å². The Hall–Kier alpha value is 0.230. The van der Waals surface area contributed by atoms with Crippen LogP contribution in [0.4, 0.5) is 0 Å². The molecule has 1 heterocycles. The highest BCUT2D eigenvalue weighted by atomic mass is 32.2. The van der Waals surface area contributed by atoms with Crippen molar-refractivity contribution < 1.29 is 4.74 Å². The van der Waals surface area contributed by atoms with Crippen molar-refractivity contribution in [1.82, 2.24) is 10.2 Å². The van der Waals surface area contributed by atoms with Gasteiger partial charge >= 0.3 is 0 Å². The molecule has 1 aliphatic heterocycles. The monoisotopic (exact) mass is 246 g/mol. The van der Waals surface area contributed by atoms with Crippen molar-refractivity contribution >= 4 is 11.8 Å². The highest BCUT2D eigenvalue weighted by Gasteiger charge is 2.25. The second-order valence-electron chi connectivity index (χ2n) is 4.54. The molecule has 0 bridgehead atoms. The van der Waals surface area contributed by atoms with E-state index in [4.69, 9.17) is 4.74 Å². The van der Waals surface area contributed by atoms with Gasteiger partial charge in [0.2, 0.25) is 0 Å². The second-order valence-corrected chi connectivity index (χ2v) is 5.53. The van der Waals surface area contributed by atoms with Gasteiger partial charge in [0.25, 0.3) is 0 Å². The summed E-state index contributed by atoms with van der Waals surface area (Å²) in [4.78, 5) is 2.43. The molecule has 0 aromatic carbocycles. The fourth-order valence-corrected chi connectivity index (χ4v) is 2.74. The number of ether oxygens (including phenoxy) is 1. The molecule has 1 rings (SSSR count). The third kappa shape index (κ3) is 5.04. The summed E-state index contributed by atoms with van der Waals surface area (Å²) in [5.74, 6) is 1.87. The Balaban J connectivity index is 2.30. The van der Waals surface area contributed by atoms with Gasteiger partial charge in [-0.1, -0.05) is 6.92 Å². The zero-order valence-corrected chi connectivity index (χ0v) is 11.7. The molecular weight excluding hydrogens is 220 g/mol. The maximum absolute atomic E-state index is 5.59. The van der Waals surface area contributed by atoms with Crippen molar-refractivity contribution in [2.45, 2.75) is 19.4 Å². The number of nitrogens with one attached hydrogen (secondary N) is 1. The van der Waals surface area contributed by atoms with Crippen molar-refractivity contribution in [3.8, 4) is 0 Å². The van der Waals surface area contributed by atoms with Crippen molar-refractivity contribution in [2.75, 3.05) is 51.9 Å². The quantitative estimate of drug-likeness (QED) is 0.732. The van der Waals surface area contributed by atoms with Crippen LogP contribution in [0.2, 0.25) is 0 Å². The van der Waals surface area contributed by atoms with Crippen LogP contribution in [0, 0.1) is 5.92 Å². The number of thioether (sulfide) groups is 1. The zero-order valence-electron chi connectivity index (χ0n) is 10.9. The van der Waals surface area contributed by atoms with Gasteiger partial charge in [-0.15, -0.1) is 0 Å². The van der Waals surface area contributed by atoms with Gasteiger partial charge in [0.05, 0.1) is 6.61 Å². The maximum atomic E-state index is 5.59. The van der Waals surface area contributed by atoms with Crippen LogP contribution in [-0.2, 0) is 4.74 Å². The van der Waals surface area contributed by atoms with Crippen molar-refractivity contribution in [3.05, 3.63) is 0 Å². The highest BCUT2D eigenvalue weighted by molar-refractivity contribution is 7.98. The first-order valence-electron chi connectivity index (χ1n) is 6.26. The van der Waals surface area contributed by atoms with Crippen LogP contribution in [0.1, 0.15) is 13.3 Å². The average molecular weight is 246 g/mol. The molecule has 0 spiro atoms. The molecule has 0 saturated carbocycles. The van der Waals surface area contributed by atoms with Gasteiger partial charge in [-0.3, -0.25) is 0 Å². The third-order valence-corrected chi connectivity index (χ3v) is 3.75. The predicted octanol–water partition coefficient (Wildman–Crippen LogP) is 1.30. The van der Waals surface area contributed by atoms with E-state index in [9.17, 15) is 0 Å². The summed E-state index contributed by atoms with van der Waals surface area (Å²) < 4.78 is 5.59. The van der Waals surface area contributed by atoms with E-state index in [1.807, 2.05) is 11.8 Å². The van der Waals surface area contributed by atoms with Crippen LogP contribution in [0.25, 0.3) is 0 Å². The lowest BCUT2D eigenvalue weighted by atomic mass is 9.95. The van der Waals surface area contributed by atoms with Crippen LogP contribution < -0.4 is 5.32 Å². The molecule has 0 aliphatic carbocycles. The molecule has 1 N–H and O–H groups in total. The molecule has 0 aromatic rings. The molecule has 16 heavy (non-hydrogen) atoms. The van der Waals surface area contributed by atoms with Gasteiger partial charge in [0.15, 0.2) is 0 Å². The topological polar surface area (TPSA) is 24.5 Å². The first-order chi connectivity index (χ1) is 7.77. The van der Waals surface area contributed by atoms with Gasteiger partial charge in [-0.25, -0.2) is 0 Å². The number of hydrogen-bond donors (Lipinski definition) is 1. The maximum Gasteiger partial charge on any atom is 0.0521 e. The zero-order chi connectivity index (χ0) is 11.8. The molecule has 0 radical (unpaired) electrons. The fraction of sp³-hybridized carbons (Fsp3) is 1.00. The first kappa shape index (κ1) is 14.3. The van der Waals surface area contributed by atoms with Crippen LogP contribution in [0.15, 0.2) is 0 Å². The van der Waals surface area contributed by atoms with Crippen molar-refractivity contribution in [2.24, 2.45) is 5.92 Å². The first-order valence-corrected chi connectivity index (χ1v) is 7.66. The van der Waals surface area contributed by atoms with Gasteiger partial charge in [0, 0.05) is 37.4 Å². The second kappa shape index (κ2) is 8.34. The summed E-state index contributed by atoms with van der Waals surface area (Å²) in [6, 6.07) is 0.649. The summed E-state index contributed by atoms with van der Waals surface area (Å²) in [6.07, 6.45) is 3.33. The van der Waals surface area contributed by atoms with Crippen LogP contribution in [0.3, 0.4) is 0 Å². The molecule has 4 heteroatoms.